The van der Waals surface area contributed by atoms with Crippen molar-refractivity contribution in [2.45, 2.75) is 169 Å². The number of thiol groups is 2. The summed E-state index contributed by atoms with van der Waals surface area (Å²) in [5, 5.41) is 18.2. The standard InChI is InChI=1S/C32H36F3N3O4S2.C26H30F3N3O4S.C6H5BrS.C5H9NO.ClH/c1-3-8-26-31(42-22-19-21(2)44-20-22,12-7-16-38(26)28(39)27-24(32(33,34)35)10-6-15-36-27)29(40)37-17-13-30(41,14-18-37)23-9-4-5-11-25(23)43;1-3-6-21-25(36-19-15-17(2)37-16-19,24(35)31-13-8-18(33)9-14-31)10-5-12-32(21)23(34)22-20(26(27,28)29)7-4-11-30-22;7-5-3-1-2-4-6(5)8;7-5-1-3-6-4-2-5;/h4-6,9-11,15,19-20,26,41,43H,3,7-8,12-14,16-18H2,1-2H3;4,7,11,15-16,21H,3,5-6,8-10,12-14H2,1-2H3;1-4,8H;6H,1-4H2;1H/t26-,31+;21-,25+;;;/m11.../s1. The van der Waals surface area contributed by atoms with Gasteiger partial charge in [0.1, 0.15) is 34.5 Å². The van der Waals surface area contributed by atoms with Crippen LogP contribution in [0, 0.1) is 13.8 Å². The molecule has 0 radical (unpaired) electrons. The van der Waals surface area contributed by atoms with Gasteiger partial charge in [-0.05, 0) is 128 Å². The van der Waals surface area contributed by atoms with Crippen molar-refractivity contribution in [3.8, 4) is 11.5 Å². The molecule has 0 bridgehead atoms. The maximum absolute atomic E-state index is 14.7. The van der Waals surface area contributed by atoms with Crippen LogP contribution in [0.4, 0.5) is 26.3 Å². The minimum atomic E-state index is -4.77. The first-order valence-corrected chi connectivity index (χ1v) is 35.5. The smallest absolute Gasteiger partial charge is 0.418 e. The van der Waals surface area contributed by atoms with Crippen LogP contribution in [0.3, 0.4) is 0 Å². The zero-order valence-corrected chi connectivity index (χ0v) is 60.1. The molecule has 6 aromatic rings. The molecule has 4 atom stereocenters. The van der Waals surface area contributed by atoms with Gasteiger partial charge < -0.3 is 39.5 Å². The molecule has 4 aromatic heterocycles. The molecular weight excluding hydrogens is 1430 g/mol. The van der Waals surface area contributed by atoms with Gasteiger partial charge in [0.25, 0.3) is 23.6 Å². The minimum Gasteiger partial charge on any atom is -0.474 e. The van der Waals surface area contributed by atoms with Crippen LogP contribution in [0.5, 0.6) is 11.5 Å². The molecule has 0 spiro atoms. The third-order valence-electron chi connectivity index (χ3n) is 17.6. The second kappa shape index (κ2) is 34.8. The lowest BCUT2D eigenvalue weighted by Gasteiger charge is -2.51. The molecular formula is C69H81BrClF6N7O9S4. The average Bonchev–Trinajstić information content (AvgIpc) is 1.36. The fourth-order valence-electron chi connectivity index (χ4n) is 12.9. The fraction of sp³-hybridized carbons (Fsp3) is 0.478. The van der Waals surface area contributed by atoms with E-state index >= 15 is 0 Å². The Morgan fingerprint density at radius 3 is 1.41 bits per heavy atom. The highest BCUT2D eigenvalue weighted by Gasteiger charge is 2.58. The van der Waals surface area contributed by atoms with Crippen molar-refractivity contribution >= 4 is 111 Å². The largest absolute Gasteiger partial charge is 0.474 e. The zero-order chi connectivity index (χ0) is 69.6. The van der Waals surface area contributed by atoms with E-state index in [2.05, 4.69) is 56.5 Å². The van der Waals surface area contributed by atoms with Crippen LogP contribution in [0.25, 0.3) is 0 Å². The quantitative estimate of drug-likeness (QED) is 0.0633. The summed E-state index contributed by atoms with van der Waals surface area (Å²) in [7, 11) is 0. The van der Waals surface area contributed by atoms with Gasteiger partial charge in [-0.1, -0.05) is 57.0 Å². The number of benzene rings is 2. The summed E-state index contributed by atoms with van der Waals surface area (Å²) in [5.74, 6) is -0.992. The molecule has 526 valence electrons. The minimum absolute atomic E-state index is 0. The molecule has 28 heteroatoms. The molecule has 0 aliphatic carbocycles. The molecule has 5 aliphatic rings. The van der Waals surface area contributed by atoms with Crippen LogP contribution in [-0.2, 0) is 37.1 Å². The number of Topliss-reactive ketones (excluding diaryl/α,β-unsaturated/α-hetero) is 2. The number of carbonyl (C=O) groups excluding carboxylic acids is 6. The number of ether oxygens (including phenoxy) is 2. The molecule has 16 nitrogen and oxygen atoms in total. The summed E-state index contributed by atoms with van der Waals surface area (Å²) in [6.07, 6.45) is -1.60. The van der Waals surface area contributed by atoms with Gasteiger partial charge in [-0.15, -0.1) is 60.3 Å². The number of likely N-dealkylation sites (tertiary alicyclic amines) is 4. The van der Waals surface area contributed by atoms with E-state index in [0.717, 1.165) is 75.5 Å². The SMILES string of the molecule is CCC[C@H]1N(C(=O)c2ncccc2C(F)(F)F)CCC[C@@]1(Oc1csc(C)c1)C(=O)N1CCC(=O)CC1.CCC[C@H]1N(C(=O)c2ncccc2C(F)(F)F)CCC[C@@]1(Oc1csc(C)c1)C(=O)N1CCC(O)(c2ccccc2S)CC1.Cl.O=C1CCNCC1.Sc1ccccc1Br. The highest BCUT2D eigenvalue weighted by atomic mass is 79.9. The van der Waals surface area contributed by atoms with E-state index in [1.54, 1.807) is 20.6 Å². The first kappa shape index (κ1) is 78.3. The number of ketones is 2. The second-order valence-corrected chi connectivity index (χ2v) is 28.3. The van der Waals surface area contributed by atoms with Gasteiger partial charge in [-0.2, -0.15) is 26.3 Å². The first-order valence-electron chi connectivity index (χ1n) is 32.1. The number of nitrogens with one attached hydrogen (secondary N) is 1. The van der Waals surface area contributed by atoms with E-state index < -0.39 is 75.6 Å². The van der Waals surface area contributed by atoms with Gasteiger partial charge in [0, 0.05) is 138 Å². The number of hydrogen-bond donors (Lipinski definition) is 4. The summed E-state index contributed by atoms with van der Waals surface area (Å²) < 4.78 is 97.2. The average molecular weight is 1510 g/mol. The number of piperidine rings is 5. The lowest BCUT2D eigenvalue weighted by molar-refractivity contribution is -0.163. The summed E-state index contributed by atoms with van der Waals surface area (Å²) in [6.45, 7) is 10.7. The maximum Gasteiger partial charge on any atom is 0.418 e. The van der Waals surface area contributed by atoms with Gasteiger partial charge in [0.15, 0.2) is 0 Å². The third-order valence-corrected chi connectivity index (χ3v) is 21.1. The number of hydrogen-bond acceptors (Lipinski definition) is 16. The lowest BCUT2D eigenvalue weighted by atomic mass is 9.78. The van der Waals surface area contributed by atoms with Crippen molar-refractivity contribution in [3.05, 3.63) is 150 Å². The molecule has 5 fully saturated rings. The van der Waals surface area contributed by atoms with Crippen molar-refractivity contribution in [1.29, 1.82) is 0 Å². The monoisotopic (exact) mass is 1510 g/mol. The van der Waals surface area contributed by atoms with Crippen molar-refractivity contribution in [3.63, 3.8) is 0 Å². The number of pyridine rings is 2. The molecule has 2 aromatic carbocycles. The van der Waals surface area contributed by atoms with Crippen LogP contribution < -0.4 is 14.8 Å². The first-order chi connectivity index (χ1) is 45.7. The van der Waals surface area contributed by atoms with Gasteiger partial charge in [0.2, 0.25) is 11.2 Å². The number of aryl methyl sites for hydroxylation is 2. The van der Waals surface area contributed by atoms with E-state index in [-0.39, 0.29) is 101 Å². The van der Waals surface area contributed by atoms with E-state index in [1.165, 1.54) is 38.7 Å². The number of thiophene rings is 2. The van der Waals surface area contributed by atoms with E-state index in [4.69, 9.17) is 9.47 Å². The molecule has 11 rings (SSSR count). The number of carbonyl (C=O) groups is 6. The Bertz CT molecular complexity index is 3650. The predicted molar refractivity (Wildman–Crippen MR) is 371 cm³/mol. The van der Waals surface area contributed by atoms with Crippen LogP contribution in [0.15, 0.2) is 122 Å². The van der Waals surface area contributed by atoms with Crippen molar-refractivity contribution in [2.75, 3.05) is 52.4 Å². The number of amides is 4. The molecule has 97 heavy (non-hydrogen) atoms. The Balaban J connectivity index is 0.000000224. The number of nitrogens with zero attached hydrogens (tertiary/aromatic N) is 6. The van der Waals surface area contributed by atoms with Crippen LogP contribution in [0.2, 0.25) is 0 Å². The molecule has 4 amide bonds. The number of alkyl halides is 6. The van der Waals surface area contributed by atoms with E-state index in [9.17, 15) is 60.2 Å². The Hall–Kier alpha value is -6.07. The molecule has 0 saturated carbocycles. The summed E-state index contributed by atoms with van der Waals surface area (Å²) in [4.78, 5) is 95.9. The van der Waals surface area contributed by atoms with Crippen LogP contribution in [0.1, 0.15) is 151 Å². The topological polar surface area (TPSA) is 192 Å². The fourth-order valence-corrected chi connectivity index (χ4v) is 14.9. The number of aromatic nitrogens is 2. The zero-order valence-electron chi connectivity index (χ0n) is 54.3. The number of aliphatic hydroxyl groups is 1. The van der Waals surface area contributed by atoms with Gasteiger partial charge in [-0.25, -0.2) is 0 Å². The Labute approximate surface area is 595 Å². The summed E-state index contributed by atoms with van der Waals surface area (Å²) >= 11 is 14.9. The van der Waals surface area contributed by atoms with Crippen LogP contribution in [-0.4, -0.2) is 146 Å². The number of rotatable bonds is 13. The molecule has 5 aliphatic heterocycles. The highest BCUT2D eigenvalue weighted by Crippen LogP contribution is 2.45. The van der Waals surface area contributed by atoms with Gasteiger partial charge in [0.05, 0.1) is 28.8 Å². The molecule has 5 saturated heterocycles. The van der Waals surface area contributed by atoms with Gasteiger partial charge in [-0.3, -0.25) is 38.7 Å². The molecule has 0 unspecified atom stereocenters. The van der Waals surface area contributed by atoms with E-state index in [0.29, 0.717) is 72.7 Å². The normalized spacial score (nSPS) is 21.1. The highest BCUT2D eigenvalue weighted by molar-refractivity contribution is 9.10. The van der Waals surface area contributed by atoms with E-state index in [1.807, 2.05) is 88.4 Å². The Morgan fingerprint density at radius 1 is 0.619 bits per heavy atom. The predicted octanol–water partition coefficient (Wildman–Crippen LogP) is 14.5. The second-order valence-electron chi connectivity index (χ2n) is 24.3. The van der Waals surface area contributed by atoms with Crippen molar-refractivity contribution in [2.24, 2.45) is 0 Å². The third kappa shape index (κ3) is 19.3. The Morgan fingerprint density at radius 2 is 1.04 bits per heavy atom. The van der Waals surface area contributed by atoms with Crippen LogP contribution >= 0.6 is 76.3 Å². The van der Waals surface area contributed by atoms with Crippen molar-refractivity contribution in [1.82, 2.24) is 34.9 Å². The maximum atomic E-state index is 14.7. The summed E-state index contributed by atoms with van der Waals surface area (Å²) in [6, 6.07) is 21.1. The van der Waals surface area contributed by atoms with Crippen molar-refractivity contribution < 1.29 is 69.7 Å². The number of halogens is 8. The lowest BCUT2D eigenvalue weighted by Crippen LogP contribution is -2.68. The molecule has 2 N–H and O–H groups in total. The van der Waals surface area contributed by atoms with Gasteiger partial charge >= 0.3 is 12.4 Å². The Kier molecular flexibility index (Phi) is 28.1. The molecule has 9 heterocycles. The summed E-state index contributed by atoms with van der Waals surface area (Å²) in [5.41, 5.74) is -7.11.